The maximum Gasteiger partial charge on any atom is 0.261 e. The van der Waals surface area contributed by atoms with Crippen molar-refractivity contribution >= 4 is 27.7 Å². The Labute approximate surface area is 192 Å². The van der Waals surface area contributed by atoms with Crippen LogP contribution in [0.3, 0.4) is 0 Å². The number of benzene rings is 2. The lowest BCUT2D eigenvalue weighted by molar-refractivity contribution is -0.143. The summed E-state index contributed by atoms with van der Waals surface area (Å²) in [5, 5.41) is 2.87. The molecule has 0 aromatic heterocycles. The molecule has 0 spiro atoms. The number of aryl methyl sites for hydroxylation is 2. The molecule has 1 N–H and O–H groups in total. The molecule has 0 radical (unpaired) electrons. The van der Waals surface area contributed by atoms with Crippen molar-refractivity contribution in [2.24, 2.45) is 0 Å². The van der Waals surface area contributed by atoms with Crippen LogP contribution in [0.4, 0.5) is 4.39 Å². The van der Waals surface area contributed by atoms with Crippen LogP contribution in [0.25, 0.3) is 0 Å². The van der Waals surface area contributed by atoms with E-state index in [1.165, 1.54) is 17.0 Å². The van der Waals surface area contributed by atoms with Crippen molar-refractivity contribution in [1.29, 1.82) is 0 Å². The Morgan fingerprint density at radius 1 is 1.13 bits per heavy atom. The number of carbonyl (C=O) groups excluding carboxylic acids is 2. The average molecular weight is 493 g/mol. The number of rotatable bonds is 10. The van der Waals surface area contributed by atoms with Gasteiger partial charge in [0.2, 0.25) is 5.91 Å². The normalized spacial score (nSPS) is 11.7. The van der Waals surface area contributed by atoms with Crippen molar-refractivity contribution in [3.05, 3.63) is 63.4 Å². The minimum Gasteiger partial charge on any atom is -0.484 e. The second-order valence-electron chi connectivity index (χ2n) is 7.52. The molecule has 5 nitrogen and oxygen atoms in total. The third kappa shape index (κ3) is 7.06. The number of carbonyl (C=O) groups is 2. The number of hydrogen-bond donors (Lipinski definition) is 1. The van der Waals surface area contributed by atoms with Crippen LogP contribution in [-0.4, -0.2) is 35.9 Å². The van der Waals surface area contributed by atoms with Gasteiger partial charge in [-0.2, -0.15) is 0 Å². The van der Waals surface area contributed by atoms with E-state index in [4.69, 9.17) is 4.74 Å². The van der Waals surface area contributed by atoms with Crippen molar-refractivity contribution in [1.82, 2.24) is 10.2 Å². The van der Waals surface area contributed by atoms with Crippen molar-refractivity contribution < 1.29 is 18.7 Å². The molecule has 0 aliphatic heterocycles. The molecule has 168 valence electrons. The molecule has 2 aromatic carbocycles. The summed E-state index contributed by atoms with van der Waals surface area (Å²) in [5.41, 5.74) is 2.76. The molecular weight excluding hydrogens is 463 g/mol. The van der Waals surface area contributed by atoms with E-state index in [9.17, 15) is 14.0 Å². The largest absolute Gasteiger partial charge is 0.484 e. The molecular formula is C24H30BrFN2O3. The second kappa shape index (κ2) is 11.8. The van der Waals surface area contributed by atoms with Crippen molar-refractivity contribution in [2.75, 3.05) is 13.2 Å². The fourth-order valence-corrected chi connectivity index (χ4v) is 3.52. The number of halogens is 2. The molecule has 0 saturated carbocycles. The minimum absolute atomic E-state index is 0.193. The van der Waals surface area contributed by atoms with Gasteiger partial charge in [-0.05, 0) is 67.6 Å². The molecule has 0 unspecified atom stereocenters. The van der Waals surface area contributed by atoms with Crippen LogP contribution < -0.4 is 10.1 Å². The van der Waals surface area contributed by atoms with E-state index < -0.39 is 6.04 Å². The predicted molar refractivity (Wildman–Crippen MR) is 123 cm³/mol. The van der Waals surface area contributed by atoms with Crippen LogP contribution in [0.1, 0.15) is 43.4 Å². The van der Waals surface area contributed by atoms with Gasteiger partial charge in [0.05, 0.1) is 0 Å². The molecule has 31 heavy (non-hydrogen) atoms. The first-order chi connectivity index (χ1) is 14.8. The Kier molecular flexibility index (Phi) is 9.49. The molecule has 0 heterocycles. The summed E-state index contributed by atoms with van der Waals surface area (Å²) >= 11 is 3.52. The summed E-state index contributed by atoms with van der Waals surface area (Å²) in [5.74, 6) is -0.258. The molecule has 2 rings (SSSR count). The zero-order valence-corrected chi connectivity index (χ0v) is 20.1. The topological polar surface area (TPSA) is 58.6 Å². The van der Waals surface area contributed by atoms with E-state index in [1.807, 2.05) is 39.8 Å². The van der Waals surface area contributed by atoms with Crippen LogP contribution in [0.2, 0.25) is 0 Å². The quantitative estimate of drug-likeness (QED) is 0.512. The van der Waals surface area contributed by atoms with E-state index in [2.05, 4.69) is 21.2 Å². The Hall–Kier alpha value is -2.41. The highest BCUT2D eigenvalue weighted by molar-refractivity contribution is 9.10. The van der Waals surface area contributed by atoms with Crippen molar-refractivity contribution in [3.63, 3.8) is 0 Å². The first-order valence-electron chi connectivity index (χ1n) is 10.5. The molecule has 7 heteroatoms. The summed E-state index contributed by atoms with van der Waals surface area (Å²) in [6.45, 7) is 8.29. The molecule has 1 atom stereocenters. The Morgan fingerprint density at radius 3 is 2.29 bits per heavy atom. The summed E-state index contributed by atoms with van der Waals surface area (Å²) < 4.78 is 20.1. The fraction of sp³-hybridized carbons (Fsp3) is 0.417. The number of nitrogens with one attached hydrogen (secondary N) is 1. The van der Waals surface area contributed by atoms with Gasteiger partial charge in [0.15, 0.2) is 6.61 Å². The summed E-state index contributed by atoms with van der Waals surface area (Å²) in [6.07, 6.45) is 1.26. The van der Waals surface area contributed by atoms with E-state index in [-0.39, 0.29) is 30.8 Å². The van der Waals surface area contributed by atoms with Gasteiger partial charge in [0.1, 0.15) is 17.6 Å². The van der Waals surface area contributed by atoms with Gasteiger partial charge in [-0.3, -0.25) is 9.59 Å². The zero-order chi connectivity index (χ0) is 23.0. The number of ether oxygens (including phenoxy) is 1. The molecule has 0 aliphatic carbocycles. The Bertz CT molecular complexity index is 879. The fourth-order valence-electron chi connectivity index (χ4n) is 3.29. The van der Waals surface area contributed by atoms with E-state index >= 15 is 0 Å². The van der Waals surface area contributed by atoms with Gasteiger partial charge in [-0.15, -0.1) is 0 Å². The van der Waals surface area contributed by atoms with E-state index in [1.54, 1.807) is 12.1 Å². The van der Waals surface area contributed by atoms with Crippen molar-refractivity contribution in [3.8, 4) is 5.75 Å². The lowest BCUT2D eigenvalue weighted by Crippen LogP contribution is -2.50. The van der Waals surface area contributed by atoms with Crippen LogP contribution in [-0.2, 0) is 16.1 Å². The SMILES string of the molecule is CCCNC(=O)[C@@H](CC)N(Cc1ccc(F)cc1)C(=O)COc1cc(C)c(Br)c(C)c1. The maximum absolute atomic E-state index is 13.3. The Balaban J connectivity index is 2.21. The average Bonchev–Trinajstić information content (AvgIpc) is 2.75. The first kappa shape index (κ1) is 24.9. The molecule has 0 aliphatic rings. The second-order valence-corrected chi connectivity index (χ2v) is 8.32. The Morgan fingerprint density at radius 2 is 1.74 bits per heavy atom. The lowest BCUT2D eigenvalue weighted by atomic mass is 10.1. The maximum atomic E-state index is 13.3. The molecule has 0 saturated heterocycles. The number of amides is 2. The zero-order valence-electron chi connectivity index (χ0n) is 18.5. The van der Waals surface area contributed by atoms with Crippen LogP contribution in [0, 0.1) is 19.7 Å². The molecule has 0 fully saturated rings. The standard InChI is InChI=1S/C24H30BrFN2O3/c1-5-11-27-24(30)21(6-2)28(14-18-7-9-19(26)10-8-18)22(29)15-31-20-12-16(3)23(25)17(4)13-20/h7-10,12-13,21H,5-6,11,14-15H2,1-4H3,(H,27,30)/t21-/m1/s1. The summed E-state index contributed by atoms with van der Waals surface area (Å²) in [7, 11) is 0. The third-order valence-corrected chi connectivity index (χ3v) is 6.22. The van der Waals surface area contributed by atoms with Gasteiger partial charge >= 0.3 is 0 Å². The van der Waals surface area contributed by atoms with E-state index in [0.717, 1.165) is 27.6 Å². The third-order valence-electron chi connectivity index (χ3n) is 4.97. The lowest BCUT2D eigenvalue weighted by Gasteiger charge is -2.30. The van der Waals surface area contributed by atoms with Crippen molar-refractivity contribution in [2.45, 2.75) is 53.1 Å². The summed E-state index contributed by atoms with van der Waals surface area (Å²) in [6, 6.07) is 9.02. The first-order valence-corrected chi connectivity index (χ1v) is 11.3. The highest BCUT2D eigenvalue weighted by Gasteiger charge is 2.28. The monoisotopic (exact) mass is 492 g/mol. The van der Waals surface area contributed by atoms with E-state index in [0.29, 0.717) is 18.7 Å². The molecule has 2 amide bonds. The van der Waals surface area contributed by atoms with Crippen LogP contribution >= 0.6 is 15.9 Å². The van der Waals surface area contributed by atoms with Crippen LogP contribution in [0.5, 0.6) is 5.75 Å². The van der Waals surface area contributed by atoms with Gasteiger partial charge in [-0.1, -0.05) is 41.9 Å². The van der Waals surface area contributed by atoms with Gasteiger partial charge in [0, 0.05) is 17.6 Å². The van der Waals surface area contributed by atoms with Crippen LogP contribution in [0.15, 0.2) is 40.9 Å². The highest BCUT2D eigenvalue weighted by atomic mass is 79.9. The highest BCUT2D eigenvalue weighted by Crippen LogP contribution is 2.26. The number of hydrogen-bond acceptors (Lipinski definition) is 3. The van der Waals surface area contributed by atoms with Gasteiger partial charge in [-0.25, -0.2) is 4.39 Å². The molecule has 2 aromatic rings. The van der Waals surface area contributed by atoms with Gasteiger partial charge < -0.3 is 15.0 Å². The predicted octanol–water partition coefficient (Wildman–Crippen LogP) is 4.92. The molecule has 0 bridgehead atoms. The minimum atomic E-state index is -0.638. The summed E-state index contributed by atoms with van der Waals surface area (Å²) in [4.78, 5) is 27.4. The number of nitrogens with zero attached hydrogens (tertiary/aromatic N) is 1. The van der Waals surface area contributed by atoms with Gasteiger partial charge in [0.25, 0.3) is 5.91 Å². The smallest absolute Gasteiger partial charge is 0.261 e.